The molecule has 1 aliphatic carbocycles. The van der Waals surface area contributed by atoms with Crippen molar-refractivity contribution in [2.75, 3.05) is 27.6 Å². The Hall–Kier alpha value is -2.25. The molecule has 1 saturated heterocycles. The van der Waals surface area contributed by atoms with Crippen LogP contribution in [0, 0.1) is 5.92 Å². The van der Waals surface area contributed by atoms with Gasteiger partial charge in [-0.05, 0) is 18.1 Å². The molecular weight excluding hydrogens is 374 g/mol. The molecule has 7 nitrogen and oxygen atoms in total. The maximum absolute atomic E-state index is 12.5. The number of ether oxygens (including phenoxy) is 5. The third-order valence-corrected chi connectivity index (χ3v) is 6.75. The highest BCUT2D eigenvalue weighted by molar-refractivity contribution is 5.72. The van der Waals surface area contributed by atoms with E-state index in [-0.39, 0.29) is 36.9 Å². The van der Waals surface area contributed by atoms with E-state index in [4.69, 9.17) is 23.7 Å². The summed E-state index contributed by atoms with van der Waals surface area (Å²) in [5, 5.41) is 0. The zero-order valence-electron chi connectivity index (χ0n) is 17.3. The van der Waals surface area contributed by atoms with E-state index in [9.17, 15) is 4.79 Å². The molecule has 156 valence electrons. The predicted molar refractivity (Wildman–Crippen MR) is 104 cm³/mol. The molecule has 2 bridgehead atoms. The molecule has 3 aliphatic heterocycles. The Morgan fingerprint density at radius 3 is 2.86 bits per heavy atom. The van der Waals surface area contributed by atoms with Crippen LogP contribution in [0.15, 0.2) is 18.2 Å². The summed E-state index contributed by atoms with van der Waals surface area (Å²) in [5.41, 5.74) is 1.72. The van der Waals surface area contributed by atoms with Crippen LogP contribution in [0.1, 0.15) is 31.4 Å². The van der Waals surface area contributed by atoms with Crippen LogP contribution in [-0.2, 0) is 26.2 Å². The molecule has 0 radical (unpaired) electrons. The molecule has 3 heterocycles. The average molecular weight is 401 g/mol. The molecule has 5 atom stereocenters. The van der Waals surface area contributed by atoms with Gasteiger partial charge in [-0.3, -0.25) is 9.69 Å². The summed E-state index contributed by atoms with van der Waals surface area (Å²) in [5.74, 6) is 1.71. The first-order chi connectivity index (χ1) is 14.0. The quantitative estimate of drug-likeness (QED) is 0.567. The minimum absolute atomic E-state index is 0.0487. The highest BCUT2D eigenvalue weighted by Gasteiger charge is 2.61. The monoisotopic (exact) mass is 401 g/mol. The number of fused-ring (bicyclic) bond motifs is 2. The summed E-state index contributed by atoms with van der Waals surface area (Å²) in [7, 11) is 3.39. The fourth-order valence-electron chi connectivity index (χ4n) is 5.35. The number of hydrogen-bond acceptors (Lipinski definition) is 7. The van der Waals surface area contributed by atoms with Crippen LogP contribution in [-0.4, -0.2) is 56.7 Å². The number of carbonyl (C=O) groups is 1. The molecule has 1 aromatic rings. The van der Waals surface area contributed by atoms with Crippen molar-refractivity contribution in [3.05, 3.63) is 29.3 Å². The number of rotatable bonds is 4. The minimum atomic E-state index is -0.457. The number of hydrogen-bond donors (Lipinski definition) is 0. The van der Waals surface area contributed by atoms with E-state index < -0.39 is 5.41 Å². The zero-order chi connectivity index (χ0) is 20.3. The van der Waals surface area contributed by atoms with Gasteiger partial charge in [-0.15, -0.1) is 0 Å². The van der Waals surface area contributed by atoms with E-state index in [2.05, 4.69) is 23.1 Å². The number of carbonyl (C=O) groups excluding carboxylic acids is 1. The van der Waals surface area contributed by atoms with E-state index in [1.54, 1.807) is 14.2 Å². The van der Waals surface area contributed by atoms with Gasteiger partial charge >= 0.3 is 5.97 Å². The van der Waals surface area contributed by atoms with Crippen molar-refractivity contribution < 1.29 is 28.5 Å². The number of nitrogens with zero attached hydrogens (tertiary/aromatic N) is 1. The van der Waals surface area contributed by atoms with Gasteiger partial charge in [0, 0.05) is 31.8 Å². The molecule has 0 amide bonds. The van der Waals surface area contributed by atoms with Gasteiger partial charge < -0.3 is 23.7 Å². The highest BCUT2D eigenvalue weighted by Crippen LogP contribution is 2.57. The van der Waals surface area contributed by atoms with Crippen LogP contribution in [0.5, 0.6) is 17.2 Å². The van der Waals surface area contributed by atoms with Gasteiger partial charge in [0.1, 0.15) is 6.10 Å². The second-order valence-corrected chi connectivity index (χ2v) is 8.50. The first-order valence-electron chi connectivity index (χ1n) is 10.2. The highest BCUT2D eigenvalue weighted by atomic mass is 16.7. The summed E-state index contributed by atoms with van der Waals surface area (Å²) in [6.07, 6.45) is 4.91. The van der Waals surface area contributed by atoms with Crippen LogP contribution in [0.4, 0.5) is 0 Å². The Morgan fingerprint density at radius 1 is 1.31 bits per heavy atom. The standard InChI is InChI=1S/C22H27NO6/c1-12(2)21(24)29-18-10-23-9-14-15(8-16-20(19(14)26-4)28-11-27-16)22(18)6-5-13(25-3)7-17(22)23/h5-6,8,12-13,17-18H,7,9-11H2,1-4H3/t13-,17-,18+,22+/m0/s1. The van der Waals surface area contributed by atoms with Gasteiger partial charge in [0.15, 0.2) is 11.5 Å². The van der Waals surface area contributed by atoms with Gasteiger partial charge in [0.25, 0.3) is 0 Å². The molecule has 7 heteroatoms. The third kappa shape index (κ3) is 2.53. The maximum atomic E-state index is 12.5. The average Bonchev–Trinajstić information content (AvgIpc) is 3.27. The van der Waals surface area contributed by atoms with Gasteiger partial charge in [-0.1, -0.05) is 26.0 Å². The first-order valence-corrected chi connectivity index (χ1v) is 10.2. The third-order valence-electron chi connectivity index (χ3n) is 6.75. The summed E-state index contributed by atoms with van der Waals surface area (Å²) in [6.45, 7) is 5.30. The fraction of sp³-hybridized carbons (Fsp3) is 0.591. The van der Waals surface area contributed by atoms with Crippen molar-refractivity contribution in [3.8, 4) is 17.2 Å². The van der Waals surface area contributed by atoms with Gasteiger partial charge in [-0.2, -0.15) is 0 Å². The molecule has 0 spiro atoms. The molecule has 1 fully saturated rings. The maximum Gasteiger partial charge on any atom is 0.308 e. The smallest absolute Gasteiger partial charge is 0.308 e. The van der Waals surface area contributed by atoms with Crippen molar-refractivity contribution in [2.45, 2.75) is 50.5 Å². The van der Waals surface area contributed by atoms with E-state index >= 15 is 0 Å². The lowest BCUT2D eigenvalue weighted by molar-refractivity contribution is -0.154. The van der Waals surface area contributed by atoms with Crippen LogP contribution in [0.2, 0.25) is 0 Å². The Bertz CT molecular complexity index is 881. The second kappa shape index (κ2) is 6.64. The lowest BCUT2D eigenvalue weighted by atomic mass is 9.65. The van der Waals surface area contributed by atoms with Gasteiger partial charge in [0.2, 0.25) is 12.5 Å². The molecule has 1 unspecified atom stereocenters. The van der Waals surface area contributed by atoms with Crippen LogP contribution in [0.25, 0.3) is 0 Å². The molecule has 5 rings (SSSR count). The van der Waals surface area contributed by atoms with E-state index in [0.717, 1.165) is 23.3 Å². The zero-order valence-corrected chi connectivity index (χ0v) is 17.3. The Kier molecular flexibility index (Phi) is 4.29. The molecule has 0 aromatic heterocycles. The Balaban J connectivity index is 1.69. The van der Waals surface area contributed by atoms with Crippen molar-refractivity contribution >= 4 is 5.97 Å². The molecule has 4 aliphatic rings. The van der Waals surface area contributed by atoms with Crippen LogP contribution >= 0.6 is 0 Å². The fourth-order valence-corrected chi connectivity index (χ4v) is 5.35. The second-order valence-electron chi connectivity index (χ2n) is 8.50. The van der Waals surface area contributed by atoms with Gasteiger partial charge in [-0.25, -0.2) is 0 Å². The summed E-state index contributed by atoms with van der Waals surface area (Å²) < 4.78 is 28.9. The van der Waals surface area contributed by atoms with Crippen LogP contribution < -0.4 is 14.2 Å². The molecule has 0 N–H and O–H groups in total. The molecule has 0 saturated carbocycles. The molecular formula is C22H27NO6. The summed E-state index contributed by atoms with van der Waals surface area (Å²) in [6, 6.07) is 2.24. The lowest BCUT2D eigenvalue weighted by Gasteiger charge is -2.47. The van der Waals surface area contributed by atoms with Crippen molar-refractivity contribution in [2.24, 2.45) is 5.92 Å². The SMILES string of the molecule is COc1c2c(cc3c1OCO3)[C@]13C=C[C@H](OC)C[C@@H]1N(C2)C[C@H]3OC(=O)C(C)C. The van der Waals surface area contributed by atoms with E-state index in [1.807, 2.05) is 13.8 Å². The number of methoxy groups -OCH3 is 2. The normalized spacial score (nSPS) is 33.4. The molecule has 1 aromatic carbocycles. The van der Waals surface area contributed by atoms with E-state index in [1.165, 1.54) is 0 Å². The molecule has 29 heavy (non-hydrogen) atoms. The summed E-state index contributed by atoms with van der Waals surface area (Å²) in [4.78, 5) is 14.9. The largest absolute Gasteiger partial charge is 0.492 e. The number of esters is 1. The predicted octanol–water partition coefficient (Wildman–Crippen LogP) is 2.40. The number of benzene rings is 1. The topological polar surface area (TPSA) is 66.5 Å². The Labute approximate surface area is 170 Å². The van der Waals surface area contributed by atoms with Crippen molar-refractivity contribution in [3.63, 3.8) is 0 Å². The minimum Gasteiger partial charge on any atom is -0.492 e. The van der Waals surface area contributed by atoms with Crippen molar-refractivity contribution in [1.82, 2.24) is 4.90 Å². The first kappa shape index (κ1) is 18.8. The van der Waals surface area contributed by atoms with Gasteiger partial charge in [0.05, 0.1) is 24.5 Å². The summed E-state index contributed by atoms with van der Waals surface area (Å²) >= 11 is 0. The van der Waals surface area contributed by atoms with Crippen molar-refractivity contribution in [1.29, 1.82) is 0 Å². The van der Waals surface area contributed by atoms with Crippen LogP contribution in [0.3, 0.4) is 0 Å². The van der Waals surface area contributed by atoms with E-state index in [0.29, 0.717) is 24.6 Å². The Morgan fingerprint density at radius 2 is 2.14 bits per heavy atom. The lowest BCUT2D eigenvalue weighted by Crippen LogP contribution is -2.53.